The quantitative estimate of drug-likeness (QED) is 0.368. The molecule has 166 valence electrons. The molecule has 0 aliphatic heterocycles. The lowest BCUT2D eigenvalue weighted by Gasteiger charge is -2.21. The fourth-order valence-corrected chi connectivity index (χ4v) is 3.45. The first-order valence-corrected chi connectivity index (χ1v) is 10.6. The number of aromatic amines is 1. The van der Waals surface area contributed by atoms with Crippen LogP contribution in [0.2, 0.25) is 0 Å². The zero-order valence-electron chi connectivity index (χ0n) is 18.1. The average molecular weight is 437 g/mol. The Labute approximate surface area is 185 Å². The standard InChI is InChI=1S/C23H25F2N7/c1-12(2)27-21-17(11-26)22(28-13(3)14-6-8-16(24)9-7-14)30-23(20(21)25)29-19-10-18(31-32-19)15-4-5-15/h6-10,12-13,15H,4-5H2,1-3H3,(H4,27,28,29,30,31,32). The van der Waals surface area contributed by atoms with Gasteiger partial charge in [0.05, 0.1) is 5.69 Å². The number of nitrogens with zero attached hydrogens (tertiary/aromatic N) is 3. The molecule has 1 aliphatic rings. The smallest absolute Gasteiger partial charge is 0.190 e. The number of halogens is 2. The van der Waals surface area contributed by atoms with E-state index in [9.17, 15) is 9.65 Å². The van der Waals surface area contributed by atoms with E-state index in [-0.39, 0.29) is 40.8 Å². The molecule has 7 nitrogen and oxygen atoms in total. The number of hydrogen-bond acceptors (Lipinski definition) is 6. The normalized spacial score (nSPS) is 14.2. The minimum atomic E-state index is -0.661. The first-order valence-electron chi connectivity index (χ1n) is 10.6. The molecule has 1 unspecified atom stereocenters. The summed E-state index contributed by atoms with van der Waals surface area (Å²) in [5.41, 5.74) is 1.93. The maximum absolute atomic E-state index is 15.4. The molecule has 1 saturated carbocycles. The summed E-state index contributed by atoms with van der Waals surface area (Å²) in [6.07, 6.45) is 2.23. The molecule has 9 heteroatoms. The fourth-order valence-electron chi connectivity index (χ4n) is 3.45. The third kappa shape index (κ3) is 4.64. The maximum Gasteiger partial charge on any atom is 0.190 e. The van der Waals surface area contributed by atoms with Crippen LogP contribution in [0, 0.1) is 23.0 Å². The Morgan fingerprint density at radius 1 is 1.09 bits per heavy atom. The van der Waals surface area contributed by atoms with Crippen LogP contribution < -0.4 is 16.0 Å². The van der Waals surface area contributed by atoms with E-state index in [4.69, 9.17) is 0 Å². The number of benzene rings is 1. The summed E-state index contributed by atoms with van der Waals surface area (Å²) in [5.74, 6) is 0.105. The van der Waals surface area contributed by atoms with Gasteiger partial charge in [-0.1, -0.05) is 12.1 Å². The van der Waals surface area contributed by atoms with Gasteiger partial charge in [-0.05, 0) is 51.3 Å². The Kier molecular flexibility index (Phi) is 5.95. The van der Waals surface area contributed by atoms with Crippen molar-refractivity contribution in [1.29, 1.82) is 5.26 Å². The molecule has 4 N–H and O–H groups in total. The summed E-state index contributed by atoms with van der Waals surface area (Å²) in [6, 6.07) is 9.53. The molecule has 2 heterocycles. The van der Waals surface area contributed by atoms with Crippen LogP contribution in [-0.2, 0) is 0 Å². The number of hydrogen-bond donors (Lipinski definition) is 4. The van der Waals surface area contributed by atoms with Gasteiger partial charge in [-0.3, -0.25) is 5.10 Å². The lowest BCUT2D eigenvalue weighted by atomic mass is 10.1. The van der Waals surface area contributed by atoms with E-state index >= 15 is 4.39 Å². The Morgan fingerprint density at radius 2 is 1.81 bits per heavy atom. The fraction of sp³-hybridized carbons (Fsp3) is 0.348. The van der Waals surface area contributed by atoms with Gasteiger partial charge in [-0.2, -0.15) is 10.4 Å². The highest BCUT2D eigenvalue weighted by molar-refractivity contribution is 5.75. The van der Waals surface area contributed by atoms with E-state index in [2.05, 4.69) is 37.2 Å². The van der Waals surface area contributed by atoms with Gasteiger partial charge in [0.15, 0.2) is 17.5 Å². The molecule has 32 heavy (non-hydrogen) atoms. The number of rotatable bonds is 8. The predicted molar refractivity (Wildman–Crippen MR) is 120 cm³/mol. The predicted octanol–water partition coefficient (Wildman–Crippen LogP) is 5.57. The summed E-state index contributed by atoms with van der Waals surface area (Å²) >= 11 is 0. The van der Waals surface area contributed by atoms with Gasteiger partial charge in [0.2, 0.25) is 0 Å². The number of nitriles is 1. The van der Waals surface area contributed by atoms with E-state index in [0.29, 0.717) is 11.7 Å². The van der Waals surface area contributed by atoms with E-state index in [0.717, 1.165) is 24.1 Å². The summed E-state index contributed by atoms with van der Waals surface area (Å²) in [7, 11) is 0. The lowest BCUT2D eigenvalue weighted by molar-refractivity contribution is 0.625. The molecule has 1 aliphatic carbocycles. The van der Waals surface area contributed by atoms with Gasteiger partial charge in [0.25, 0.3) is 0 Å². The van der Waals surface area contributed by atoms with Crippen molar-refractivity contribution >= 4 is 23.1 Å². The molecule has 0 amide bonds. The first kappa shape index (κ1) is 21.6. The maximum atomic E-state index is 15.4. The van der Waals surface area contributed by atoms with E-state index in [1.807, 2.05) is 26.8 Å². The zero-order chi connectivity index (χ0) is 22.8. The molecular formula is C23H25F2N7. The SMILES string of the molecule is CC(C)Nc1c(F)c(Nc2cc(C3CC3)[nH]n2)nc(NC(C)c2ccc(F)cc2)c1C#N. The van der Waals surface area contributed by atoms with E-state index in [1.54, 1.807) is 12.1 Å². The van der Waals surface area contributed by atoms with Crippen LogP contribution in [0.5, 0.6) is 0 Å². The molecule has 0 saturated heterocycles. The molecule has 1 atom stereocenters. The monoisotopic (exact) mass is 437 g/mol. The second kappa shape index (κ2) is 8.83. The van der Waals surface area contributed by atoms with Crippen LogP contribution in [0.15, 0.2) is 30.3 Å². The molecule has 0 spiro atoms. The Morgan fingerprint density at radius 3 is 2.44 bits per heavy atom. The van der Waals surface area contributed by atoms with Crippen LogP contribution >= 0.6 is 0 Å². The van der Waals surface area contributed by atoms with E-state index < -0.39 is 5.82 Å². The largest absolute Gasteiger partial charge is 0.379 e. The second-order valence-electron chi connectivity index (χ2n) is 8.31. The minimum absolute atomic E-state index is 0.0465. The molecule has 3 aromatic rings. The molecule has 1 fully saturated rings. The third-order valence-electron chi connectivity index (χ3n) is 5.27. The second-order valence-corrected chi connectivity index (χ2v) is 8.31. The van der Waals surface area contributed by atoms with Crippen LogP contribution in [0.25, 0.3) is 0 Å². The highest BCUT2D eigenvalue weighted by Crippen LogP contribution is 2.40. The minimum Gasteiger partial charge on any atom is -0.379 e. The first-order chi connectivity index (χ1) is 15.4. The van der Waals surface area contributed by atoms with Crippen molar-refractivity contribution in [3.05, 3.63) is 58.8 Å². The average Bonchev–Trinajstić information content (AvgIpc) is 3.50. The summed E-state index contributed by atoms with van der Waals surface area (Å²) in [6.45, 7) is 5.58. The highest BCUT2D eigenvalue weighted by Gasteiger charge is 2.26. The highest BCUT2D eigenvalue weighted by atomic mass is 19.1. The third-order valence-corrected chi connectivity index (χ3v) is 5.27. The molecule has 1 aromatic carbocycles. The van der Waals surface area contributed by atoms with Crippen LogP contribution in [-0.4, -0.2) is 21.2 Å². The molecular weight excluding hydrogens is 412 g/mol. The van der Waals surface area contributed by atoms with Crippen molar-refractivity contribution in [3.63, 3.8) is 0 Å². The van der Waals surface area contributed by atoms with Gasteiger partial charge in [0, 0.05) is 29.8 Å². The van der Waals surface area contributed by atoms with Gasteiger partial charge in [0.1, 0.15) is 23.3 Å². The Balaban J connectivity index is 1.70. The summed E-state index contributed by atoms with van der Waals surface area (Å²) in [4.78, 5) is 4.37. The van der Waals surface area contributed by atoms with Gasteiger partial charge in [-0.25, -0.2) is 13.8 Å². The van der Waals surface area contributed by atoms with Crippen molar-refractivity contribution < 1.29 is 8.78 Å². The number of nitrogens with one attached hydrogen (secondary N) is 4. The topological polar surface area (TPSA) is 101 Å². The number of pyridine rings is 1. The lowest BCUT2D eigenvalue weighted by Crippen LogP contribution is -2.17. The van der Waals surface area contributed by atoms with Crippen molar-refractivity contribution in [3.8, 4) is 6.07 Å². The molecule has 4 rings (SSSR count). The van der Waals surface area contributed by atoms with Gasteiger partial charge >= 0.3 is 0 Å². The molecule has 0 bridgehead atoms. The Bertz CT molecular complexity index is 1140. The van der Waals surface area contributed by atoms with Crippen LogP contribution in [0.4, 0.5) is 31.9 Å². The van der Waals surface area contributed by atoms with Crippen molar-refractivity contribution in [2.45, 2.75) is 51.6 Å². The van der Waals surface area contributed by atoms with Crippen LogP contribution in [0.1, 0.15) is 62.4 Å². The van der Waals surface area contributed by atoms with Gasteiger partial charge < -0.3 is 16.0 Å². The molecule has 0 radical (unpaired) electrons. The van der Waals surface area contributed by atoms with Crippen molar-refractivity contribution in [1.82, 2.24) is 15.2 Å². The van der Waals surface area contributed by atoms with E-state index in [1.165, 1.54) is 12.1 Å². The zero-order valence-corrected chi connectivity index (χ0v) is 18.1. The van der Waals surface area contributed by atoms with Crippen molar-refractivity contribution in [2.75, 3.05) is 16.0 Å². The van der Waals surface area contributed by atoms with Crippen LogP contribution in [0.3, 0.4) is 0 Å². The Hall–Kier alpha value is -3.67. The van der Waals surface area contributed by atoms with Gasteiger partial charge in [-0.15, -0.1) is 0 Å². The van der Waals surface area contributed by atoms with Crippen molar-refractivity contribution in [2.24, 2.45) is 0 Å². The number of H-pyrrole nitrogens is 1. The number of anilines is 4. The summed E-state index contributed by atoms with van der Waals surface area (Å²) in [5, 5.41) is 26.1. The number of aromatic nitrogens is 3. The molecule has 2 aromatic heterocycles. The summed E-state index contributed by atoms with van der Waals surface area (Å²) < 4.78 is 28.7.